The van der Waals surface area contributed by atoms with Crippen molar-refractivity contribution in [3.63, 3.8) is 0 Å². The number of aromatic hydroxyl groups is 1. The first-order valence-corrected chi connectivity index (χ1v) is 6.74. The topological polar surface area (TPSA) is 106 Å². The van der Waals surface area contributed by atoms with Gasteiger partial charge in [-0.2, -0.15) is 0 Å². The number of rotatable bonds is 2. The highest BCUT2D eigenvalue weighted by Crippen LogP contribution is 2.25. The summed E-state index contributed by atoms with van der Waals surface area (Å²) in [6.07, 6.45) is 0. The predicted molar refractivity (Wildman–Crippen MR) is 82.9 cm³/mol. The van der Waals surface area contributed by atoms with Crippen molar-refractivity contribution < 1.29 is 5.11 Å². The lowest BCUT2D eigenvalue weighted by Gasteiger charge is -2.15. The molecular formula is C15H16N4O3. The van der Waals surface area contributed by atoms with Crippen molar-refractivity contribution in [2.45, 2.75) is 6.04 Å². The van der Waals surface area contributed by atoms with E-state index in [4.69, 9.17) is 5.73 Å². The SMILES string of the molecule is Cn1c(O)c(C(N)c2cc3ccccc3[nH]2)c(=O)n(C)c1=O. The first kappa shape index (κ1) is 14.2. The van der Waals surface area contributed by atoms with Crippen LogP contribution in [0.25, 0.3) is 10.9 Å². The first-order chi connectivity index (χ1) is 10.4. The summed E-state index contributed by atoms with van der Waals surface area (Å²) < 4.78 is 1.93. The van der Waals surface area contributed by atoms with Crippen molar-refractivity contribution in [1.29, 1.82) is 0 Å². The summed E-state index contributed by atoms with van der Waals surface area (Å²) in [4.78, 5) is 27.2. The number of para-hydroxylation sites is 1. The summed E-state index contributed by atoms with van der Waals surface area (Å²) >= 11 is 0. The van der Waals surface area contributed by atoms with Gasteiger partial charge in [-0.15, -0.1) is 0 Å². The van der Waals surface area contributed by atoms with Gasteiger partial charge in [0.15, 0.2) is 0 Å². The molecule has 0 fully saturated rings. The van der Waals surface area contributed by atoms with E-state index < -0.39 is 23.2 Å². The van der Waals surface area contributed by atoms with Gasteiger partial charge in [-0.1, -0.05) is 18.2 Å². The average Bonchev–Trinajstić information content (AvgIpc) is 2.95. The van der Waals surface area contributed by atoms with Crippen molar-refractivity contribution in [3.05, 3.63) is 62.4 Å². The molecule has 3 aromatic rings. The molecule has 7 nitrogen and oxygen atoms in total. The molecule has 22 heavy (non-hydrogen) atoms. The van der Waals surface area contributed by atoms with Crippen molar-refractivity contribution in [2.24, 2.45) is 19.8 Å². The third kappa shape index (κ3) is 1.94. The zero-order chi connectivity index (χ0) is 16.0. The molecule has 4 N–H and O–H groups in total. The highest BCUT2D eigenvalue weighted by molar-refractivity contribution is 5.80. The minimum Gasteiger partial charge on any atom is -0.494 e. The van der Waals surface area contributed by atoms with E-state index in [0.29, 0.717) is 5.69 Å². The largest absolute Gasteiger partial charge is 0.494 e. The fraction of sp³-hybridized carbons (Fsp3) is 0.200. The van der Waals surface area contributed by atoms with Gasteiger partial charge in [0.05, 0.1) is 6.04 Å². The van der Waals surface area contributed by atoms with Crippen LogP contribution in [0, 0.1) is 0 Å². The predicted octanol–water partition coefficient (Wildman–Crippen LogP) is 0.319. The number of nitrogens with one attached hydrogen (secondary N) is 1. The maximum atomic E-state index is 12.3. The Morgan fingerprint density at radius 3 is 2.55 bits per heavy atom. The molecule has 7 heteroatoms. The molecule has 0 aliphatic heterocycles. The Morgan fingerprint density at radius 1 is 1.18 bits per heavy atom. The van der Waals surface area contributed by atoms with Gasteiger partial charge in [0.25, 0.3) is 5.56 Å². The third-order valence-electron chi connectivity index (χ3n) is 3.86. The molecule has 1 aromatic carbocycles. The second kappa shape index (κ2) is 4.88. The van der Waals surface area contributed by atoms with Crippen LogP contribution < -0.4 is 17.0 Å². The van der Waals surface area contributed by atoms with Crippen molar-refractivity contribution in [1.82, 2.24) is 14.1 Å². The van der Waals surface area contributed by atoms with Gasteiger partial charge in [-0.3, -0.25) is 13.9 Å². The molecule has 1 unspecified atom stereocenters. The standard InChI is InChI=1S/C15H16N4O3/c1-18-13(20)11(14(21)19(2)15(18)22)12(16)10-7-8-5-3-4-6-9(8)17-10/h3-7,12,17,20H,16H2,1-2H3. The average molecular weight is 300 g/mol. The molecule has 3 rings (SSSR count). The van der Waals surface area contributed by atoms with E-state index in [1.165, 1.54) is 14.1 Å². The van der Waals surface area contributed by atoms with Gasteiger partial charge in [-0.25, -0.2) is 4.79 Å². The molecule has 0 radical (unpaired) electrons. The summed E-state index contributed by atoms with van der Waals surface area (Å²) in [5.74, 6) is -0.417. The van der Waals surface area contributed by atoms with Crippen LogP contribution in [-0.2, 0) is 14.1 Å². The number of hydrogen-bond acceptors (Lipinski definition) is 4. The molecule has 2 aromatic heterocycles. The number of aromatic nitrogens is 3. The number of nitrogens with zero attached hydrogens (tertiary/aromatic N) is 2. The number of aromatic amines is 1. The summed E-state index contributed by atoms with van der Waals surface area (Å²) in [5, 5.41) is 11.1. The number of H-pyrrole nitrogens is 1. The fourth-order valence-corrected chi connectivity index (χ4v) is 2.55. The Hall–Kier alpha value is -2.80. The Morgan fingerprint density at radius 2 is 1.86 bits per heavy atom. The van der Waals surface area contributed by atoms with E-state index in [-0.39, 0.29) is 5.56 Å². The Balaban J connectivity index is 2.23. The second-order valence-corrected chi connectivity index (χ2v) is 5.23. The van der Waals surface area contributed by atoms with Crippen LogP contribution in [0.3, 0.4) is 0 Å². The summed E-state index contributed by atoms with van der Waals surface area (Å²) in [5.41, 5.74) is 6.40. The molecule has 0 saturated carbocycles. The monoisotopic (exact) mass is 300 g/mol. The van der Waals surface area contributed by atoms with Gasteiger partial charge >= 0.3 is 5.69 Å². The zero-order valence-electron chi connectivity index (χ0n) is 12.2. The van der Waals surface area contributed by atoms with Gasteiger partial charge in [0.1, 0.15) is 5.56 Å². The highest BCUT2D eigenvalue weighted by Gasteiger charge is 2.23. The molecule has 0 amide bonds. The quantitative estimate of drug-likeness (QED) is 0.633. The maximum absolute atomic E-state index is 12.3. The molecular weight excluding hydrogens is 284 g/mol. The molecule has 1 atom stereocenters. The lowest BCUT2D eigenvalue weighted by atomic mass is 10.1. The van der Waals surface area contributed by atoms with Crippen molar-refractivity contribution >= 4 is 10.9 Å². The highest BCUT2D eigenvalue weighted by atomic mass is 16.3. The molecule has 0 saturated heterocycles. The number of benzene rings is 1. The summed E-state index contributed by atoms with van der Waals surface area (Å²) in [6, 6.07) is 8.55. The summed E-state index contributed by atoms with van der Waals surface area (Å²) in [7, 11) is 2.74. The lowest BCUT2D eigenvalue weighted by Crippen LogP contribution is -2.40. The van der Waals surface area contributed by atoms with Gasteiger partial charge < -0.3 is 15.8 Å². The maximum Gasteiger partial charge on any atom is 0.333 e. The first-order valence-electron chi connectivity index (χ1n) is 6.74. The second-order valence-electron chi connectivity index (χ2n) is 5.23. The molecule has 0 aliphatic rings. The number of hydrogen-bond donors (Lipinski definition) is 3. The van der Waals surface area contributed by atoms with Crippen LogP contribution in [0.15, 0.2) is 39.9 Å². The lowest BCUT2D eigenvalue weighted by molar-refractivity contribution is 0.399. The van der Waals surface area contributed by atoms with Crippen LogP contribution in [0.5, 0.6) is 5.88 Å². The van der Waals surface area contributed by atoms with Crippen LogP contribution in [-0.4, -0.2) is 19.2 Å². The normalized spacial score (nSPS) is 12.7. The van der Waals surface area contributed by atoms with E-state index in [1.807, 2.05) is 30.3 Å². The Kier molecular flexibility index (Phi) is 3.14. The Bertz CT molecular complexity index is 948. The van der Waals surface area contributed by atoms with E-state index in [1.54, 1.807) is 0 Å². The minimum atomic E-state index is -0.863. The van der Waals surface area contributed by atoms with Crippen molar-refractivity contribution in [3.8, 4) is 5.88 Å². The van der Waals surface area contributed by atoms with Gasteiger partial charge in [-0.05, 0) is 17.5 Å². The number of fused-ring (bicyclic) bond motifs is 1. The van der Waals surface area contributed by atoms with Crippen LogP contribution in [0.1, 0.15) is 17.3 Å². The molecule has 0 aliphatic carbocycles. The smallest absolute Gasteiger partial charge is 0.333 e. The van der Waals surface area contributed by atoms with Crippen LogP contribution >= 0.6 is 0 Å². The van der Waals surface area contributed by atoms with Crippen LogP contribution in [0.4, 0.5) is 0 Å². The zero-order valence-corrected chi connectivity index (χ0v) is 12.2. The molecule has 0 bridgehead atoms. The molecule has 2 heterocycles. The fourth-order valence-electron chi connectivity index (χ4n) is 2.55. The van der Waals surface area contributed by atoms with Crippen molar-refractivity contribution in [2.75, 3.05) is 0 Å². The van der Waals surface area contributed by atoms with E-state index in [9.17, 15) is 14.7 Å². The van der Waals surface area contributed by atoms with Crippen LogP contribution in [0.2, 0.25) is 0 Å². The number of nitrogens with two attached hydrogens (primary N) is 1. The Labute approximate surface area is 125 Å². The third-order valence-corrected chi connectivity index (χ3v) is 3.86. The van der Waals surface area contributed by atoms with E-state index >= 15 is 0 Å². The molecule has 114 valence electrons. The van der Waals surface area contributed by atoms with Gasteiger partial charge in [0.2, 0.25) is 5.88 Å². The molecule has 0 spiro atoms. The van der Waals surface area contributed by atoms with E-state index in [2.05, 4.69) is 4.98 Å². The van der Waals surface area contributed by atoms with Gasteiger partial charge in [0, 0.05) is 25.3 Å². The summed E-state index contributed by atoms with van der Waals surface area (Å²) in [6.45, 7) is 0. The van der Waals surface area contributed by atoms with E-state index in [0.717, 1.165) is 20.0 Å². The minimum absolute atomic E-state index is 0.0174.